The molecule has 0 aromatic heterocycles. The summed E-state index contributed by atoms with van der Waals surface area (Å²) in [5.74, 6) is 0.0167. The minimum absolute atomic E-state index is 0.0167. The summed E-state index contributed by atoms with van der Waals surface area (Å²) in [6, 6.07) is 0. The highest BCUT2D eigenvalue weighted by molar-refractivity contribution is 6.75. The van der Waals surface area contributed by atoms with Crippen LogP contribution in [0.5, 0.6) is 0 Å². The van der Waals surface area contributed by atoms with Crippen LogP contribution in [-0.4, -0.2) is 14.3 Å². The van der Waals surface area contributed by atoms with E-state index in [0.29, 0.717) is 6.42 Å². The number of unbranched alkanes of at least 4 members (excludes halogenated alkanes) is 11. The van der Waals surface area contributed by atoms with E-state index >= 15 is 0 Å². The van der Waals surface area contributed by atoms with Crippen LogP contribution in [0, 0.1) is 0 Å². The lowest BCUT2D eigenvalue weighted by Crippen LogP contribution is -2.42. The van der Waals surface area contributed by atoms with E-state index in [1.165, 1.54) is 70.6 Å². The fourth-order valence-corrected chi connectivity index (χ4v) is 3.81. The molecule has 0 amide bonds. The zero-order chi connectivity index (χ0) is 20.6. The maximum atomic E-state index is 12.0. The first-order valence-corrected chi connectivity index (χ1v) is 14.5. The van der Waals surface area contributed by atoms with Gasteiger partial charge < -0.3 is 4.43 Å². The summed E-state index contributed by atoms with van der Waals surface area (Å²) in [5, 5.41) is 0.104. The second-order valence-electron chi connectivity index (χ2n) is 9.57. The molecule has 0 radical (unpaired) electrons. The summed E-state index contributed by atoms with van der Waals surface area (Å²) in [6.07, 6.45) is 22.0. The molecular weight excluding hydrogens is 348 g/mol. The Morgan fingerprint density at radius 2 is 1.22 bits per heavy atom. The number of allylic oxidation sites excluding steroid dienone is 2. The van der Waals surface area contributed by atoms with Gasteiger partial charge in [-0.05, 0) is 50.2 Å². The summed E-state index contributed by atoms with van der Waals surface area (Å²) in [6.45, 7) is 13.1. The third-order valence-electron chi connectivity index (χ3n) is 5.82. The van der Waals surface area contributed by atoms with Crippen molar-refractivity contribution in [3.63, 3.8) is 0 Å². The second kappa shape index (κ2) is 15.4. The van der Waals surface area contributed by atoms with E-state index in [-0.39, 0.29) is 11.0 Å². The van der Waals surface area contributed by atoms with E-state index in [4.69, 9.17) is 4.43 Å². The predicted octanol–water partition coefficient (Wildman–Crippen LogP) is 8.57. The third-order valence-corrected chi connectivity index (χ3v) is 10.2. The quantitative estimate of drug-likeness (QED) is 0.148. The maximum Gasteiger partial charge on any atom is 0.292 e. The fourth-order valence-electron chi connectivity index (χ4n) is 2.83. The van der Waals surface area contributed by atoms with Crippen LogP contribution in [-0.2, 0) is 9.22 Å². The Balaban J connectivity index is 3.45. The lowest BCUT2D eigenvalue weighted by molar-refractivity contribution is -0.135. The van der Waals surface area contributed by atoms with Crippen LogP contribution in [0.4, 0.5) is 0 Å². The highest BCUT2D eigenvalue weighted by Gasteiger charge is 2.40. The lowest BCUT2D eigenvalue weighted by atomic mass is 10.1. The second-order valence-corrected chi connectivity index (χ2v) is 14.3. The third kappa shape index (κ3) is 15.1. The van der Waals surface area contributed by atoms with E-state index < -0.39 is 8.32 Å². The molecule has 0 aliphatic heterocycles. The monoisotopic (exact) mass is 396 g/mol. The molecule has 27 heavy (non-hydrogen) atoms. The first-order valence-electron chi connectivity index (χ1n) is 11.6. The van der Waals surface area contributed by atoms with Crippen molar-refractivity contribution in [3.05, 3.63) is 12.2 Å². The Kier molecular flexibility index (Phi) is 15.0. The van der Waals surface area contributed by atoms with Crippen molar-refractivity contribution in [2.45, 2.75) is 136 Å². The molecule has 0 bridgehead atoms. The van der Waals surface area contributed by atoms with Crippen LogP contribution in [0.25, 0.3) is 0 Å². The van der Waals surface area contributed by atoms with Crippen molar-refractivity contribution < 1.29 is 9.22 Å². The van der Waals surface area contributed by atoms with E-state index in [0.717, 1.165) is 12.8 Å². The van der Waals surface area contributed by atoms with Crippen LogP contribution in [0.2, 0.25) is 18.1 Å². The van der Waals surface area contributed by atoms with Crippen LogP contribution in [0.1, 0.15) is 118 Å². The first-order chi connectivity index (χ1) is 12.7. The Morgan fingerprint density at radius 3 is 1.70 bits per heavy atom. The SMILES string of the molecule is CCCCCC/C=C/CCCCCCCCCC(=O)O[Si](C)(C)C(C)(C)C. The van der Waals surface area contributed by atoms with Gasteiger partial charge in [-0.25, -0.2) is 0 Å². The smallest absolute Gasteiger partial charge is 0.292 e. The molecule has 0 N–H and O–H groups in total. The highest BCUT2D eigenvalue weighted by Crippen LogP contribution is 2.36. The van der Waals surface area contributed by atoms with Gasteiger partial charge in [0.25, 0.3) is 14.3 Å². The van der Waals surface area contributed by atoms with Gasteiger partial charge in [0.15, 0.2) is 0 Å². The molecule has 0 spiro atoms. The lowest BCUT2D eigenvalue weighted by Gasteiger charge is -2.35. The summed E-state index contributed by atoms with van der Waals surface area (Å²) >= 11 is 0. The Hall–Kier alpha value is -0.573. The maximum absolute atomic E-state index is 12.0. The largest absolute Gasteiger partial charge is 0.519 e. The van der Waals surface area contributed by atoms with Gasteiger partial charge in [-0.1, -0.05) is 91.2 Å². The van der Waals surface area contributed by atoms with Gasteiger partial charge in [0.05, 0.1) is 0 Å². The molecule has 0 atom stereocenters. The Labute approximate surface area is 171 Å². The van der Waals surface area contributed by atoms with Gasteiger partial charge in [0.2, 0.25) is 0 Å². The molecule has 0 aromatic carbocycles. The van der Waals surface area contributed by atoms with Crippen molar-refractivity contribution in [1.29, 1.82) is 0 Å². The van der Waals surface area contributed by atoms with Crippen molar-refractivity contribution in [2.24, 2.45) is 0 Å². The topological polar surface area (TPSA) is 26.3 Å². The molecule has 0 aliphatic carbocycles. The van der Waals surface area contributed by atoms with E-state index in [1.807, 2.05) is 0 Å². The number of carbonyl (C=O) groups excluding carboxylic acids is 1. The van der Waals surface area contributed by atoms with Gasteiger partial charge in [-0.3, -0.25) is 4.79 Å². The summed E-state index contributed by atoms with van der Waals surface area (Å²) in [4.78, 5) is 12.0. The average Bonchev–Trinajstić information content (AvgIpc) is 2.57. The molecule has 2 nitrogen and oxygen atoms in total. The van der Waals surface area contributed by atoms with Gasteiger partial charge >= 0.3 is 0 Å². The predicted molar refractivity (Wildman–Crippen MR) is 123 cm³/mol. The summed E-state index contributed by atoms with van der Waals surface area (Å²) in [5.41, 5.74) is 0. The zero-order valence-corrected chi connectivity index (χ0v) is 20.4. The standard InChI is InChI=1S/C24H48O2Si/c1-7-8-9-10-11-12-13-14-15-16-17-18-19-20-21-22-23(25)26-27(5,6)24(2,3)4/h12-13H,7-11,14-22H2,1-6H3/b13-12+. The molecule has 0 saturated carbocycles. The van der Waals surface area contributed by atoms with Crippen LogP contribution in [0.3, 0.4) is 0 Å². The fraction of sp³-hybridized carbons (Fsp3) is 0.875. The Morgan fingerprint density at radius 1 is 0.778 bits per heavy atom. The van der Waals surface area contributed by atoms with Gasteiger partial charge in [-0.2, -0.15) is 0 Å². The van der Waals surface area contributed by atoms with Gasteiger partial charge in [0, 0.05) is 6.42 Å². The molecule has 0 rings (SSSR count). The highest BCUT2D eigenvalue weighted by atomic mass is 28.4. The molecule has 0 saturated heterocycles. The summed E-state index contributed by atoms with van der Waals surface area (Å²) in [7, 11) is -1.93. The van der Waals surface area contributed by atoms with E-state index in [2.05, 4.69) is 52.9 Å². The van der Waals surface area contributed by atoms with Crippen LogP contribution >= 0.6 is 0 Å². The van der Waals surface area contributed by atoms with Crippen LogP contribution < -0.4 is 0 Å². The molecule has 0 heterocycles. The normalized spacial score (nSPS) is 12.7. The average molecular weight is 397 g/mol. The molecular formula is C24H48O2Si. The van der Waals surface area contributed by atoms with Crippen molar-refractivity contribution in [3.8, 4) is 0 Å². The van der Waals surface area contributed by atoms with Crippen molar-refractivity contribution in [1.82, 2.24) is 0 Å². The van der Waals surface area contributed by atoms with Crippen molar-refractivity contribution >= 4 is 14.3 Å². The molecule has 0 aromatic rings. The number of rotatable bonds is 16. The minimum atomic E-state index is -1.93. The molecule has 160 valence electrons. The van der Waals surface area contributed by atoms with Crippen LogP contribution in [0.15, 0.2) is 12.2 Å². The summed E-state index contributed by atoms with van der Waals surface area (Å²) < 4.78 is 5.81. The molecule has 0 aliphatic rings. The van der Waals surface area contributed by atoms with E-state index in [9.17, 15) is 4.79 Å². The van der Waals surface area contributed by atoms with Gasteiger partial charge in [0.1, 0.15) is 0 Å². The molecule has 0 unspecified atom stereocenters. The number of hydrogen-bond donors (Lipinski definition) is 0. The van der Waals surface area contributed by atoms with E-state index in [1.54, 1.807) is 0 Å². The zero-order valence-electron chi connectivity index (χ0n) is 19.4. The van der Waals surface area contributed by atoms with Gasteiger partial charge in [-0.15, -0.1) is 0 Å². The number of carbonyl (C=O) groups is 1. The molecule has 0 fully saturated rings. The van der Waals surface area contributed by atoms with Crippen molar-refractivity contribution in [2.75, 3.05) is 0 Å². The number of hydrogen-bond acceptors (Lipinski definition) is 2. The Bertz CT molecular complexity index is 394. The first kappa shape index (κ1) is 26.4. The molecule has 3 heteroatoms. The minimum Gasteiger partial charge on any atom is -0.519 e.